The molecule has 1 N–H and O–H groups in total. The molecule has 232 valence electrons. The van der Waals surface area contributed by atoms with Gasteiger partial charge in [-0.05, 0) is 157 Å². The molecular weight excluding hydrogens is 496 g/mol. The number of aliphatic hydroxyl groups is 1. The Morgan fingerprint density at radius 1 is 0.512 bits per heavy atom. The van der Waals surface area contributed by atoms with Crippen molar-refractivity contribution >= 4 is 0 Å². The molecule has 0 aromatic heterocycles. The standard InChI is InChI=1S/C40H66O/c1-31(2)17-11-19-33(5)21-13-23-35(7)25-15-26-37(9)29-38-39(30-41)40(38,10)28-16-27-36(8)24-14-22-34(6)20-12-18-32(3)4/h17-18,21-22,25,27,29,38-39,41H,11-16,19-20,23-24,26,28,30H2,1-10H3/b33-21+,34-22+,35-25+,36-27+,37-29+/t38-,39-,40-/m1/s1. The molecule has 3 atom stereocenters. The maximum Gasteiger partial charge on any atom is 0.0470 e. The van der Waals surface area contributed by atoms with E-state index in [1.54, 1.807) is 0 Å². The lowest BCUT2D eigenvalue weighted by Gasteiger charge is -2.10. The van der Waals surface area contributed by atoms with E-state index in [-0.39, 0.29) is 5.41 Å². The summed E-state index contributed by atoms with van der Waals surface area (Å²) in [6.07, 6.45) is 30.7. The van der Waals surface area contributed by atoms with Gasteiger partial charge in [0.15, 0.2) is 0 Å². The van der Waals surface area contributed by atoms with Gasteiger partial charge in [-0.25, -0.2) is 0 Å². The molecule has 1 fully saturated rings. The van der Waals surface area contributed by atoms with Crippen molar-refractivity contribution < 1.29 is 5.11 Å². The molecule has 0 amide bonds. The van der Waals surface area contributed by atoms with Gasteiger partial charge in [0.2, 0.25) is 0 Å². The molecule has 1 heteroatoms. The van der Waals surface area contributed by atoms with Gasteiger partial charge in [0.05, 0.1) is 0 Å². The largest absolute Gasteiger partial charge is 0.396 e. The van der Waals surface area contributed by atoms with Crippen LogP contribution in [-0.4, -0.2) is 11.7 Å². The minimum Gasteiger partial charge on any atom is -0.396 e. The van der Waals surface area contributed by atoms with Gasteiger partial charge < -0.3 is 5.11 Å². The normalized spacial score (nSPS) is 22.2. The first-order valence-electron chi connectivity index (χ1n) is 16.6. The van der Waals surface area contributed by atoms with Gasteiger partial charge in [0, 0.05) is 6.61 Å². The number of hydrogen-bond acceptors (Lipinski definition) is 1. The van der Waals surface area contributed by atoms with Crippen LogP contribution in [0.4, 0.5) is 0 Å². The van der Waals surface area contributed by atoms with E-state index in [0.717, 1.165) is 57.8 Å². The van der Waals surface area contributed by atoms with Crippen molar-refractivity contribution in [3.63, 3.8) is 0 Å². The van der Waals surface area contributed by atoms with Gasteiger partial charge in [-0.15, -0.1) is 0 Å². The first-order valence-corrected chi connectivity index (χ1v) is 16.6. The number of aliphatic hydroxyl groups excluding tert-OH is 1. The molecule has 1 rings (SSSR count). The molecule has 0 radical (unpaired) electrons. The Labute approximate surface area is 256 Å². The summed E-state index contributed by atoms with van der Waals surface area (Å²) in [5.74, 6) is 0.943. The topological polar surface area (TPSA) is 20.2 Å². The van der Waals surface area contributed by atoms with Crippen molar-refractivity contribution in [2.75, 3.05) is 6.61 Å². The lowest BCUT2D eigenvalue weighted by Crippen LogP contribution is -2.01. The Kier molecular flexibility index (Phi) is 18.2. The zero-order valence-corrected chi connectivity index (χ0v) is 28.8. The first-order chi connectivity index (χ1) is 19.4. The van der Waals surface area contributed by atoms with Gasteiger partial charge >= 0.3 is 0 Å². The molecule has 1 aliphatic rings. The quantitative estimate of drug-likeness (QED) is 0.146. The van der Waals surface area contributed by atoms with E-state index in [2.05, 4.69) is 112 Å². The molecule has 0 unspecified atom stereocenters. The molecule has 0 spiro atoms. The van der Waals surface area contributed by atoms with Gasteiger partial charge in [-0.2, -0.15) is 0 Å². The van der Waals surface area contributed by atoms with Gasteiger partial charge in [0.25, 0.3) is 0 Å². The molecule has 1 aliphatic carbocycles. The molecule has 0 aliphatic heterocycles. The second-order valence-corrected chi connectivity index (χ2v) is 13.8. The maximum absolute atomic E-state index is 10.1. The van der Waals surface area contributed by atoms with E-state index in [9.17, 15) is 5.11 Å². The van der Waals surface area contributed by atoms with Crippen LogP contribution < -0.4 is 0 Å². The highest BCUT2D eigenvalue weighted by Crippen LogP contribution is 2.62. The molecule has 0 bridgehead atoms. The van der Waals surface area contributed by atoms with Crippen LogP contribution in [0.3, 0.4) is 0 Å². The molecule has 0 heterocycles. The van der Waals surface area contributed by atoms with Crippen molar-refractivity contribution in [3.8, 4) is 0 Å². The van der Waals surface area contributed by atoms with Crippen LogP contribution in [0.15, 0.2) is 81.5 Å². The van der Waals surface area contributed by atoms with E-state index in [4.69, 9.17) is 0 Å². The van der Waals surface area contributed by atoms with Crippen molar-refractivity contribution in [1.82, 2.24) is 0 Å². The summed E-state index contributed by atoms with van der Waals surface area (Å²) in [7, 11) is 0. The van der Waals surface area contributed by atoms with Crippen LogP contribution in [0.5, 0.6) is 0 Å². The van der Waals surface area contributed by atoms with Crippen molar-refractivity contribution in [1.29, 1.82) is 0 Å². The second kappa shape index (κ2) is 20.1. The number of hydrogen-bond donors (Lipinski definition) is 1. The molecular formula is C40H66O. The van der Waals surface area contributed by atoms with E-state index < -0.39 is 0 Å². The number of allylic oxidation sites excluding steroid dienone is 14. The summed E-state index contributed by atoms with van der Waals surface area (Å²) in [4.78, 5) is 0. The highest BCUT2D eigenvalue weighted by Gasteiger charge is 2.58. The van der Waals surface area contributed by atoms with Crippen LogP contribution >= 0.6 is 0 Å². The molecule has 1 saturated carbocycles. The Morgan fingerprint density at radius 3 is 1.22 bits per heavy atom. The zero-order chi connectivity index (χ0) is 30.8. The summed E-state index contributed by atoms with van der Waals surface area (Å²) < 4.78 is 0. The summed E-state index contributed by atoms with van der Waals surface area (Å²) in [6.45, 7) is 22.8. The van der Waals surface area contributed by atoms with Gasteiger partial charge in [-0.3, -0.25) is 0 Å². The minimum atomic E-state index is 0.246. The predicted octanol–water partition coefficient (Wildman–Crippen LogP) is 12.6. The van der Waals surface area contributed by atoms with Crippen molar-refractivity contribution in [2.45, 2.75) is 146 Å². The smallest absolute Gasteiger partial charge is 0.0470 e. The van der Waals surface area contributed by atoms with Crippen LogP contribution in [0, 0.1) is 17.3 Å². The lowest BCUT2D eigenvalue weighted by atomic mass is 9.95. The Hall–Kier alpha value is -1.86. The fourth-order valence-electron chi connectivity index (χ4n) is 5.92. The van der Waals surface area contributed by atoms with Crippen molar-refractivity contribution in [2.24, 2.45) is 17.3 Å². The molecule has 41 heavy (non-hydrogen) atoms. The van der Waals surface area contributed by atoms with E-state index in [1.165, 1.54) is 58.3 Å². The Balaban J connectivity index is 2.44. The van der Waals surface area contributed by atoms with Crippen LogP contribution in [-0.2, 0) is 0 Å². The third-order valence-corrected chi connectivity index (χ3v) is 9.05. The zero-order valence-electron chi connectivity index (χ0n) is 28.8. The molecule has 0 saturated heterocycles. The highest BCUT2D eigenvalue weighted by molar-refractivity contribution is 5.20. The van der Waals surface area contributed by atoms with Crippen molar-refractivity contribution in [3.05, 3.63) is 81.5 Å². The van der Waals surface area contributed by atoms with E-state index >= 15 is 0 Å². The summed E-state index contributed by atoms with van der Waals surface area (Å²) >= 11 is 0. The fourth-order valence-corrected chi connectivity index (χ4v) is 5.92. The summed E-state index contributed by atoms with van der Waals surface area (Å²) in [6, 6.07) is 0. The van der Waals surface area contributed by atoms with Crippen LogP contribution in [0.2, 0.25) is 0 Å². The van der Waals surface area contributed by atoms with E-state index in [1.807, 2.05) is 0 Å². The predicted molar refractivity (Wildman–Crippen MR) is 185 cm³/mol. The fraction of sp³-hybridized carbons (Fsp3) is 0.650. The third kappa shape index (κ3) is 16.4. The monoisotopic (exact) mass is 563 g/mol. The second-order valence-electron chi connectivity index (χ2n) is 13.8. The average molecular weight is 563 g/mol. The maximum atomic E-state index is 10.1. The van der Waals surface area contributed by atoms with Gasteiger partial charge in [-0.1, -0.05) is 88.5 Å². The minimum absolute atomic E-state index is 0.246. The molecule has 1 nitrogen and oxygen atoms in total. The van der Waals surface area contributed by atoms with Gasteiger partial charge in [0.1, 0.15) is 0 Å². The summed E-state index contributed by atoms with van der Waals surface area (Å²) in [5, 5.41) is 10.1. The van der Waals surface area contributed by atoms with Crippen LogP contribution in [0.25, 0.3) is 0 Å². The number of rotatable bonds is 20. The summed E-state index contributed by atoms with van der Waals surface area (Å²) in [5.41, 5.74) is 10.6. The molecule has 0 aromatic rings. The Morgan fingerprint density at radius 2 is 0.854 bits per heavy atom. The molecule has 0 aromatic carbocycles. The third-order valence-electron chi connectivity index (χ3n) is 9.05. The van der Waals surface area contributed by atoms with E-state index in [0.29, 0.717) is 18.4 Å². The SMILES string of the molecule is CC(C)=CCC/C(C)=C/CC/C(C)=C/CC/C(C)=C/[C@@H]1[C@@H](CO)[C@]1(C)CC/C=C(\C)CC/C=C(\C)CCC=C(C)C. The lowest BCUT2D eigenvalue weighted by molar-refractivity contribution is 0.249. The van der Waals surface area contributed by atoms with Crippen LogP contribution in [0.1, 0.15) is 146 Å². The Bertz CT molecular complexity index is 984. The average Bonchev–Trinajstić information content (AvgIpc) is 3.44. The first kappa shape index (κ1) is 37.2. The highest BCUT2D eigenvalue weighted by atomic mass is 16.3.